The molecule has 146 valence electrons. The van der Waals surface area contributed by atoms with Crippen LogP contribution in [0.25, 0.3) is 0 Å². The quantitative estimate of drug-likeness (QED) is 0.751. The zero-order chi connectivity index (χ0) is 20.1. The first-order chi connectivity index (χ1) is 12.4. The van der Waals surface area contributed by atoms with E-state index in [2.05, 4.69) is 43.3 Å². The molecule has 1 aliphatic heterocycles. The van der Waals surface area contributed by atoms with Crippen LogP contribution >= 0.6 is 22.7 Å². The van der Waals surface area contributed by atoms with Crippen LogP contribution in [-0.2, 0) is 16.7 Å². The van der Waals surface area contributed by atoms with Gasteiger partial charge in [0.15, 0.2) is 0 Å². The average Bonchev–Trinajstić information content (AvgIpc) is 3.05. The van der Waals surface area contributed by atoms with Crippen LogP contribution in [0.4, 0.5) is 5.00 Å². The second-order valence-corrected chi connectivity index (χ2v) is 10.2. The highest BCUT2D eigenvalue weighted by atomic mass is 32.1. The number of amides is 1. The van der Waals surface area contributed by atoms with Crippen molar-refractivity contribution in [1.82, 2.24) is 10.3 Å². The summed E-state index contributed by atoms with van der Waals surface area (Å²) in [7, 11) is 1.37. The zero-order valence-electron chi connectivity index (χ0n) is 16.7. The molecule has 1 aliphatic rings. The normalized spacial score (nSPS) is 17.3. The molecule has 0 saturated carbocycles. The molecule has 0 radical (unpaired) electrons. The number of thiazole rings is 1. The number of nitrogens with zero attached hydrogens (tertiary/aromatic N) is 1. The molecule has 27 heavy (non-hydrogen) atoms. The first kappa shape index (κ1) is 20.0. The summed E-state index contributed by atoms with van der Waals surface area (Å²) in [6, 6.07) is 0. The third-order valence-corrected chi connectivity index (χ3v) is 7.11. The minimum atomic E-state index is -0.423. The number of anilines is 1. The minimum Gasteiger partial charge on any atom is -0.465 e. The molecule has 0 atom stereocenters. The molecule has 2 aromatic heterocycles. The Balaban J connectivity index is 2.08. The van der Waals surface area contributed by atoms with Gasteiger partial charge in [-0.1, -0.05) is 0 Å². The number of methoxy groups -OCH3 is 1. The fourth-order valence-corrected chi connectivity index (χ4v) is 5.91. The van der Waals surface area contributed by atoms with Gasteiger partial charge < -0.3 is 15.4 Å². The summed E-state index contributed by atoms with van der Waals surface area (Å²) in [6.45, 7) is 12.1. The van der Waals surface area contributed by atoms with Crippen molar-refractivity contribution >= 4 is 39.6 Å². The van der Waals surface area contributed by atoms with Crippen molar-refractivity contribution in [2.45, 2.75) is 59.0 Å². The number of nitrogens with one attached hydrogen (secondary N) is 2. The van der Waals surface area contributed by atoms with Gasteiger partial charge in [-0.3, -0.25) is 4.79 Å². The van der Waals surface area contributed by atoms with Crippen LogP contribution in [0, 0.1) is 13.8 Å². The molecule has 0 fully saturated rings. The van der Waals surface area contributed by atoms with Crippen LogP contribution < -0.4 is 10.6 Å². The molecular weight excluding hydrogens is 382 g/mol. The van der Waals surface area contributed by atoms with E-state index in [1.165, 1.54) is 29.8 Å². The number of aromatic nitrogens is 1. The van der Waals surface area contributed by atoms with Crippen molar-refractivity contribution in [2.24, 2.45) is 0 Å². The highest BCUT2D eigenvalue weighted by Gasteiger charge is 2.42. The first-order valence-electron chi connectivity index (χ1n) is 8.74. The topological polar surface area (TPSA) is 80.3 Å². The van der Waals surface area contributed by atoms with Gasteiger partial charge in [0.1, 0.15) is 9.88 Å². The predicted molar refractivity (Wildman–Crippen MR) is 109 cm³/mol. The average molecular weight is 408 g/mol. The number of hydrogen-bond acceptors (Lipinski definition) is 7. The first-order valence-corrected chi connectivity index (χ1v) is 10.4. The van der Waals surface area contributed by atoms with Gasteiger partial charge in [-0.15, -0.1) is 22.7 Å². The number of rotatable bonds is 3. The summed E-state index contributed by atoms with van der Waals surface area (Å²) in [6.07, 6.45) is 0.682. The Morgan fingerprint density at radius 2 is 1.85 bits per heavy atom. The molecule has 6 nitrogen and oxygen atoms in total. The molecule has 2 N–H and O–H groups in total. The van der Waals surface area contributed by atoms with Gasteiger partial charge in [-0.25, -0.2) is 9.78 Å². The summed E-state index contributed by atoms with van der Waals surface area (Å²) in [4.78, 5) is 31.3. The maximum Gasteiger partial charge on any atom is 0.341 e. The van der Waals surface area contributed by atoms with E-state index in [1.807, 2.05) is 13.8 Å². The molecule has 0 spiro atoms. The van der Waals surface area contributed by atoms with E-state index < -0.39 is 5.97 Å². The monoisotopic (exact) mass is 407 g/mol. The van der Waals surface area contributed by atoms with Crippen molar-refractivity contribution < 1.29 is 14.3 Å². The fraction of sp³-hybridized carbons (Fsp3) is 0.526. The van der Waals surface area contributed by atoms with E-state index in [0.29, 0.717) is 27.6 Å². The van der Waals surface area contributed by atoms with Gasteiger partial charge in [0.2, 0.25) is 0 Å². The van der Waals surface area contributed by atoms with Gasteiger partial charge in [0.05, 0.1) is 23.4 Å². The second kappa shape index (κ2) is 6.68. The maximum absolute atomic E-state index is 12.8. The molecule has 3 rings (SSSR count). The Morgan fingerprint density at radius 1 is 1.19 bits per heavy atom. The smallest absolute Gasteiger partial charge is 0.341 e. The Kier molecular flexibility index (Phi) is 4.95. The Bertz CT molecular complexity index is 925. The molecule has 0 unspecified atom stereocenters. The van der Waals surface area contributed by atoms with Crippen molar-refractivity contribution in [3.05, 3.63) is 31.6 Å². The van der Waals surface area contributed by atoms with Gasteiger partial charge in [0, 0.05) is 16.0 Å². The Hall–Kier alpha value is -1.77. The van der Waals surface area contributed by atoms with E-state index in [9.17, 15) is 9.59 Å². The molecule has 3 heterocycles. The number of ether oxygens (including phenoxy) is 1. The van der Waals surface area contributed by atoms with E-state index in [0.717, 1.165) is 15.4 Å². The number of carbonyl (C=O) groups excluding carboxylic acids is 2. The van der Waals surface area contributed by atoms with E-state index in [1.54, 1.807) is 0 Å². The maximum atomic E-state index is 12.8. The van der Waals surface area contributed by atoms with Crippen molar-refractivity contribution in [3.8, 4) is 0 Å². The highest BCUT2D eigenvalue weighted by Crippen LogP contribution is 2.45. The number of aryl methyl sites for hydroxylation is 2. The third kappa shape index (κ3) is 3.66. The summed E-state index contributed by atoms with van der Waals surface area (Å²) in [5, 5.41) is 7.93. The summed E-state index contributed by atoms with van der Waals surface area (Å²) >= 11 is 2.79. The van der Waals surface area contributed by atoms with Crippen molar-refractivity contribution in [2.75, 3.05) is 12.4 Å². The van der Waals surface area contributed by atoms with Crippen LogP contribution in [0.2, 0.25) is 0 Å². The molecule has 0 saturated heterocycles. The largest absolute Gasteiger partial charge is 0.465 e. The molecule has 2 aromatic rings. The molecular formula is C19H25N3O3S2. The van der Waals surface area contributed by atoms with E-state index in [-0.39, 0.29) is 17.0 Å². The highest BCUT2D eigenvalue weighted by molar-refractivity contribution is 7.17. The van der Waals surface area contributed by atoms with Crippen molar-refractivity contribution in [1.29, 1.82) is 0 Å². The lowest BCUT2D eigenvalue weighted by Gasteiger charge is -2.42. The van der Waals surface area contributed by atoms with Crippen LogP contribution in [-0.4, -0.2) is 29.5 Å². The standard InChI is InChI=1S/C19H25N3O3S2/c1-9-13(26-10(2)20-9)15(23)21-16-12(17(24)25-7)11-8-18(3,4)22-19(5,6)14(11)27-16/h22H,8H2,1-7H3,(H,21,23). The molecule has 8 heteroatoms. The Labute approximate surface area is 167 Å². The lowest BCUT2D eigenvalue weighted by Crippen LogP contribution is -2.55. The van der Waals surface area contributed by atoms with Gasteiger partial charge in [-0.05, 0) is 53.5 Å². The fourth-order valence-electron chi connectivity index (χ4n) is 3.84. The summed E-state index contributed by atoms with van der Waals surface area (Å²) < 4.78 is 5.04. The predicted octanol–water partition coefficient (Wildman–Crippen LogP) is 4.02. The third-order valence-electron chi connectivity index (χ3n) is 4.57. The van der Waals surface area contributed by atoms with Gasteiger partial charge in [-0.2, -0.15) is 0 Å². The van der Waals surface area contributed by atoms with E-state index in [4.69, 9.17) is 4.74 Å². The molecule has 0 aromatic carbocycles. The molecule has 0 aliphatic carbocycles. The van der Waals surface area contributed by atoms with Crippen LogP contribution in [0.5, 0.6) is 0 Å². The van der Waals surface area contributed by atoms with Crippen LogP contribution in [0.3, 0.4) is 0 Å². The Morgan fingerprint density at radius 3 is 2.41 bits per heavy atom. The number of esters is 1. The van der Waals surface area contributed by atoms with Crippen molar-refractivity contribution in [3.63, 3.8) is 0 Å². The lowest BCUT2D eigenvalue weighted by atomic mass is 9.81. The summed E-state index contributed by atoms with van der Waals surface area (Å²) in [5.41, 5.74) is 1.62. The lowest BCUT2D eigenvalue weighted by molar-refractivity contribution is 0.0600. The number of fused-ring (bicyclic) bond motifs is 1. The second-order valence-electron chi connectivity index (χ2n) is 8.02. The minimum absolute atomic E-state index is 0.174. The summed E-state index contributed by atoms with van der Waals surface area (Å²) in [5.74, 6) is -0.666. The SMILES string of the molecule is COC(=O)c1c(NC(=O)c2sc(C)nc2C)sc2c1CC(C)(C)NC2(C)C. The number of thiophene rings is 1. The number of carbonyl (C=O) groups is 2. The van der Waals surface area contributed by atoms with Crippen LogP contribution in [0.15, 0.2) is 0 Å². The van der Waals surface area contributed by atoms with Gasteiger partial charge in [0.25, 0.3) is 5.91 Å². The molecule has 0 bridgehead atoms. The number of hydrogen-bond donors (Lipinski definition) is 2. The van der Waals surface area contributed by atoms with Crippen LogP contribution in [0.1, 0.15) is 68.9 Å². The zero-order valence-corrected chi connectivity index (χ0v) is 18.3. The van der Waals surface area contributed by atoms with E-state index >= 15 is 0 Å². The van der Waals surface area contributed by atoms with Gasteiger partial charge >= 0.3 is 5.97 Å². The molecule has 1 amide bonds.